The first kappa shape index (κ1) is 15.9. The molecule has 136 valence electrons. The van der Waals surface area contributed by atoms with Crippen molar-refractivity contribution in [3.63, 3.8) is 0 Å². The highest BCUT2D eigenvalue weighted by molar-refractivity contribution is 5.62. The van der Waals surface area contributed by atoms with Crippen LogP contribution in [0.25, 0.3) is 0 Å². The molecule has 5 nitrogen and oxygen atoms in total. The molecule has 1 spiro atoms. The van der Waals surface area contributed by atoms with Gasteiger partial charge in [-0.05, 0) is 50.9 Å². The maximum absolute atomic E-state index is 12.0. The second kappa shape index (κ2) is 4.90. The molecule has 0 aromatic heterocycles. The van der Waals surface area contributed by atoms with Crippen molar-refractivity contribution in [2.75, 3.05) is 13.6 Å². The lowest BCUT2D eigenvalue weighted by atomic mass is 9.48. The van der Waals surface area contributed by atoms with Gasteiger partial charge in [-0.3, -0.25) is 0 Å². The first-order valence-corrected chi connectivity index (χ1v) is 9.59. The molecule has 2 aliphatic carbocycles. The normalized spacial score (nSPS) is 41.6. The van der Waals surface area contributed by atoms with Gasteiger partial charge in [0.1, 0.15) is 6.10 Å². The zero-order chi connectivity index (χ0) is 17.6. The van der Waals surface area contributed by atoms with E-state index in [1.165, 1.54) is 5.56 Å². The van der Waals surface area contributed by atoms with Crippen LogP contribution in [0.15, 0.2) is 12.1 Å². The maximum Gasteiger partial charge on any atom is 0.165 e. The van der Waals surface area contributed by atoms with Crippen LogP contribution in [-0.2, 0) is 11.8 Å². The number of hydrogen-bond donors (Lipinski definition) is 3. The van der Waals surface area contributed by atoms with Crippen molar-refractivity contribution < 1.29 is 14.9 Å². The van der Waals surface area contributed by atoms with E-state index in [-0.39, 0.29) is 23.9 Å². The fourth-order valence-electron chi connectivity index (χ4n) is 6.35. The Morgan fingerprint density at radius 3 is 2.88 bits per heavy atom. The highest BCUT2D eigenvalue weighted by Crippen LogP contribution is 2.65. The van der Waals surface area contributed by atoms with Crippen LogP contribution in [0.2, 0.25) is 0 Å². The van der Waals surface area contributed by atoms with Crippen LogP contribution in [-0.4, -0.2) is 58.5 Å². The van der Waals surface area contributed by atoms with Gasteiger partial charge >= 0.3 is 0 Å². The zero-order valence-electron chi connectivity index (χ0n) is 15.2. The summed E-state index contributed by atoms with van der Waals surface area (Å²) in [4.78, 5) is 2.33. The molecule has 1 saturated heterocycles. The van der Waals surface area contributed by atoms with Crippen LogP contribution < -0.4 is 10.1 Å². The molecule has 0 radical (unpaired) electrons. The van der Waals surface area contributed by atoms with Gasteiger partial charge in [-0.25, -0.2) is 0 Å². The number of benzene rings is 1. The largest absolute Gasteiger partial charge is 0.504 e. The van der Waals surface area contributed by atoms with Gasteiger partial charge in [0.2, 0.25) is 0 Å². The summed E-state index contributed by atoms with van der Waals surface area (Å²) in [5.74, 6) is 0.840. The maximum atomic E-state index is 12.0. The molecule has 1 aromatic rings. The van der Waals surface area contributed by atoms with Crippen LogP contribution in [0.5, 0.6) is 11.5 Å². The minimum absolute atomic E-state index is 0.118. The molecule has 25 heavy (non-hydrogen) atoms. The SMILES string of the molecule is CC(C)NC1CC[C@@]2(O)C3Cc4ccc(O)c5c4[C@@]2(CCN3C)[C@H]1O5. The van der Waals surface area contributed by atoms with Gasteiger partial charge in [-0.15, -0.1) is 0 Å². The minimum Gasteiger partial charge on any atom is -0.504 e. The Morgan fingerprint density at radius 2 is 2.12 bits per heavy atom. The van der Waals surface area contributed by atoms with Gasteiger partial charge in [0.25, 0.3) is 0 Å². The number of rotatable bonds is 2. The third-order valence-electron chi connectivity index (χ3n) is 7.28. The number of aliphatic hydroxyl groups is 1. The minimum atomic E-state index is -0.786. The number of ether oxygens (including phenoxy) is 1. The van der Waals surface area contributed by atoms with E-state index in [9.17, 15) is 10.2 Å². The van der Waals surface area contributed by atoms with Crippen molar-refractivity contribution in [2.24, 2.45) is 0 Å². The van der Waals surface area contributed by atoms with Gasteiger partial charge in [-0.1, -0.05) is 19.9 Å². The Morgan fingerprint density at radius 1 is 1.32 bits per heavy atom. The van der Waals surface area contributed by atoms with Crippen LogP contribution in [0.1, 0.15) is 44.2 Å². The summed E-state index contributed by atoms with van der Waals surface area (Å²) in [6.45, 7) is 5.26. The molecule has 2 unspecified atom stereocenters. The predicted octanol–water partition coefficient (Wildman–Crippen LogP) is 1.54. The van der Waals surface area contributed by atoms with Gasteiger partial charge in [0, 0.05) is 23.7 Å². The van der Waals surface area contributed by atoms with Crippen LogP contribution >= 0.6 is 0 Å². The summed E-state index contributed by atoms with van der Waals surface area (Å²) in [5, 5.41) is 26.1. The fraction of sp³-hybridized carbons (Fsp3) is 0.700. The molecule has 2 bridgehead atoms. The summed E-state index contributed by atoms with van der Waals surface area (Å²) in [7, 11) is 2.13. The first-order chi connectivity index (χ1) is 11.9. The molecule has 2 fully saturated rings. The number of hydrogen-bond acceptors (Lipinski definition) is 5. The number of piperidine rings is 1. The number of likely N-dealkylation sites (tertiary alicyclic amines) is 1. The number of aromatic hydroxyl groups is 1. The standard InChI is InChI=1S/C20H28N2O3/c1-11(2)21-13-6-7-20(24)15-10-12-4-5-14(23)17-16(12)19(20,18(13)25-17)8-9-22(15)3/h4-5,11,13,15,18,21,23-24H,6-10H2,1-3H3/t13?,15?,18-,19-,20+/m0/s1. The molecule has 2 heterocycles. The Bertz CT molecular complexity index is 736. The third kappa shape index (κ3) is 1.74. The molecular weight excluding hydrogens is 316 g/mol. The molecule has 0 amide bonds. The van der Waals surface area contributed by atoms with Gasteiger partial charge < -0.3 is 25.2 Å². The van der Waals surface area contributed by atoms with E-state index in [0.29, 0.717) is 11.8 Å². The van der Waals surface area contributed by atoms with Gasteiger partial charge in [-0.2, -0.15) is 0 Å². The van der Waals surface area contributed by atoms with Crippen molar-refractivity contribution >= 4 is 0 Å². The molecule has 5 atom stereocenters. The second-order valence-corrected chi connectivity index (χ2v) is 8.80. The lowest BCUT2D eigenvalue weighted by Crippen LogP contribution is -2.77. The molecule has 1 saturated carbocycles. The van der Waals surface area contributed by atoms with Crippen LogP contribution in [0.4, 0.5) is 0 Å². The summed E-state index contributed by atoms with van der Waals surface area (Å²) in [6.07, 6.45) is 3.26. The number of nitrogens with zero attached hydrogens (tertiary/aromatic N) is 1. The number of nitrogens with one attached hydrogen (secondary N) is 1. The van der Waals surface area contributed by atoms with E-state index >= 15 is 0 Å². The van der Waals surface area contributed by atoms with Gasteiger partial charge in [0.05, 0.1) is 11.0 Å². The number of likely N-dealkylation sites (N-methyl/N-ethyl adjacent to an activating group) is 1. The van der Waals surface area contributed by atoms with Gasteiger partial charge in [0.15, 0.2) is 11.5 Å². The van der Waals surface area contributed by atoms with E-state index in [1.807, 2.05) is 6.07 Å². The Balaban J connectivity index is 1.75. The highest BCUT2D eigenvalue weighted by Gasteiger charge is 2.72. The number of phenols is 1. The second-order valence-electron chi connectivity index (χ2n) is 8.80. The van der Waals surface area contributed by atoms with Crippen molar-refractivity contribution in [3.05, 3.63) is 23.3 Å². The summed E-state index contributed by atoms with van der Waals surface area (Å²) in [5.41, 5.74) is 1.14. The van der Waals surface area contributed by atoms with Crippen molar-refractivity contribution in [3.8, 4) is 11.5 Å². The van der Waals surface area contributed by atoms with Crippen molar-refractivity contribution in [2.45, 2.75) is 74.8 Å². The molecule has 4 aliphatic rings. The smallest absolute Gasteiger partial charge is 0.165 e. The van der Waals surface area contributed by atoms with E-state index in [2.05, 4.69) is 31.1 Å². The molecular formula is C20H28N2O3. The van der Waals surface area contributed by atoms with Crippen molar-refractivity contribution in [1.29, 1.82) is 0 Å². The Labute approximate surface area is 149 Å². The van der Waals surface area contributed by atoms with Crippen molar-refractivity contribution in [1.82, 2.24) is 10.2 Å². The molecule has 5 heteroatoms. The van der Waals surface area contributed by atoms with E-state index < -0.39 is 11.0 Å². The average molecular weight is 344 g/mol. The molecule has 5 rings (SSSR count). The summed E-state index contributed by atoms with van der Waals surface area (Å²) in [6, 6.07) is 4.47. The van der Waals surface area contributed by atoms with Crippen LogP contribution in [0, 0.1) is 0 Å². The average Bonchev–Trinajstić information content (AvgIpc) is 2.91. The van der Waals surface area contributed by atoms with Crippen LogP contribution in [0.3, 0.4) is 0 Å². The third-order valence-corrected chi connectivity index (χ3v) is 7.28. The van der Waals surface area contributed by atoms with E-state index in [1.54, 1.807) is 6.07 Å². The quantitative estimate of drug-likeness (QED) is 0.760. The number of phenolic OH excluding ortho intramolecular Hbond substituents is 1. The monoisotopic (exact) mass is 344 g/mol. The Hall–Kier alpha value is -1.30. The summed E-state index contributed by atoms with van der Waals surface area (Å²) < 4.78 is 6.43. The lowest BCUT2D eigenvalue weighted by molar-refractivity contribution is -0.187. The van der Waals surface area contributed by atoms with E-state index in [0.717, 1.165) is 37.8 Å². The first-order valence-electron chi connectivity index (χ1n) is 9.59. The molecule has 3 N–H and O–H groups in total. The highest BCUT2D eigenvalue weighted by atomic mass is 16.5. The Kier molecular flexibility index (Phi) is 3.12. The predicted molar refractivity (Wildman–Crippen MR) is 95.2 cm³/mol. The summed E-state index contributed by atoms with van der Waals surface area (Å²) >= 11 is 0. The lowest BCUT2D eigenvalue weighted by Gasteiger charge is -2.63. The van der Waals surface area contributed by atoms with E-state index in [4.69, 9.17) is 4.74 Å². The zero-order valence-corrected chi connectivity index (χ0v) is 15.2. The fourth-order valence-corrected chi connectivity index (χ4v) is 6.35. The molecule has 1 aromatic carbocycles. The molecule has 2 aliphatic heterocycles. The topological polar surface area (TPSA) is 65.0 Å².